The molecule has 0 bridgehead atoms. The van der Waals surface area contributed by atoms with Crippen LogP contribution in [-0.2, 0) is 11.4 Å². The van der Waals surface area contributed by atoms with Crippen LogP contribution < -0.4 is 0 Å². The maximum absolute atomic E-state index is 6.12. The first-order valence-electron chi connectivity index (χ1n) is 7.50. The lowest BCUT2D eigenvalue weighted by atomic mass is 10.0. The molecule has 1 aliphatic rings. The first-order chi connectivity index (χ1) is 10.2. The molecule has 0 spiro atoms. The molecule has 0 aromatic heterocycles. The van der Waals surface area contributed by atoms with Gasteiger partial charge in [0.15, 0.2) is 5.76 Å². The van der Waals surface area contributed by atoms with Gasteiger partial charge in [-0.3, -0.25) is 0 Å². The number of hydrogen-bond acceptors (Lipinski definition) is 2. The molecule has 2 nitrogen and oxygen atoms in total. The summed E-state index contributed by atoms with van der Waals surface area (Å²) in [5.41, 5.74) is 2.41. The van der Waals surface area contributed by atoms with Gasteiger partial charge in [0.2, 0.25) is 0 Å². The second-order valence-electron chi connectivity index (χ2n) is 5.78. The number of nitrogens with zero attached hydrogens (tertiary/aromatic N) is 1. The smallest absolute Gasteiger partial charge is 0.152 e. The van der Waals surface area contributed by atoms with Crippen molar-refractivity contribution in [1.29, 1.82) is 0 Å². The van der Waals surface area contributed by atoms with E-state index in [1.807, 2.05) is 24.3 Å². The topological polar surface area (TPSA) is 12.5 Å². The van der Waals surface area contributed by atoms with Crippen molar-refractivity contribution in [3.8, 4) is 0 Å². The van der Waals surface area contributed by atoms with Crippen molar-refractivity contribution in [2.75, 3.05) is 0 Å². The van der Waals surface area contributed by atoms with Crippen LogP contribution in [-0.4, -0.2) is 11.1 Å². The van der Waals surface area contributed by atoms with Gasteiger partial charge in [-0.25, -0.2) is 0 Å². The van der Waals surface area contributed by atoms with Crippen molar-refractivity contribution in [2.24, 2.45) is 5.92 Å². The highest BCUT2D eigenvalue weighted by atomic mass is 16.7. The van der Waals surface area contributed by atoms with Gasteiger partial charge in [-0.05, 0) is 17.6 Å². The molecule has 3 rings (SSSR count). The van der Waals surface area contributed by atoms with Crippen molar-refractivity contribution in [3.05, 3.63) is 77.9 Å². The average molecular weight is 279 g/mol. The fraction of sp³-hybridized carbons (Fsp3) is 0.263. The van der Waals surface area contributed by atoms with E-state index >= 15 is 0 Å². The Morgan fingerprint density at radius 2 is 1.57 bits per heavy atom. The van der Waals surface area contributed by atoms with Crippen LogP contribution in [0.5, 0.6) is 0 Å². The summed E-state index contributed by atoms with van der Waals surface area (Å²) in [6.45, 7) is 5.27. The molecule has 0 saturated heterocycles. The molecular weight excluding hydrogens is 258 g/mol. The van der Waals surface area contributed by atoms with E-state index < -0.39 is 0 Å². The van der Waals surface area contributed by atoms with Crippen LogP contribution in [0, 0.1) is 5.92 Å². The largest absolute Gasteiger partial charge is 0.405 e. The molecule has 21 heavy (non-hydrogen) atoms. The first kappa shape index (κ1) is 13.9. The maximum atomic E-state index is 6.12. The highest BCUT2D eigenvalue weighted by Gasteiger charge is 2.29. The molecule has 1 atom stereocenters. The molecule has 1 aliphatic heterocycles. The summed E-state index contributed by atoms with van der Waals surface area (Å²) in [6, 6.07) is 21.1. The number of rotatable bonds is 4. The second kappa shape index (κ2) is 6.15. The van der Waals surface area contributed by atoms with Gasteiger partial charge in [0.05, 0.1) is 12.6 Å². The summed E-state index contributed by atoms with van der Waals surface area (Å²) < 4.78 is 0. The normalized spacial score (nSPS) is 18.6. The lowest BCUT2D eigenvalue weighted by Crippen LogP contribution is -2.32. The molecule has 0 amide bonds. The maximum Gasteiger partial charge on any atom is 0.152 e. The van der Waals surface area contributed by atoms with E-state index in [1.54, 1.807) is 0 Å². The predicted molar refractivity (Wildman–Crippen MR) is 86.1 cm³/mol. The molecule has 1 unspecified atom stereocenters. The monoisotopic (exact) mass is 279 g/mol. The first-order valence-corrected chi connectivity index (χ1v) is 7.50. The summed E-state index contributed by atoms with van der Waals surface area (Å²) in [6.07, 6.45) is 2.24. The van der Waals surface area contributed by atoms with Crippen LogP contribution in [0.25, 0.3) is 5.76 Å². The molecule has 0 fully saturated rings. The number of hydroxylamine groups is 2. The van der Waals surface area contributed by atoms with Gasteiger partial charge in [0.25, 0.3) is 0 Å². The van der Waals surface area contributed by atoms with Gasteiger partial charge in [0.1, 0.15) is 0 Å². The van der Waals surface area contributed by atoms with E-state index in [4.69, 9.17) is 4.84 Å². The molecule has 2 aromatic carbocycles. The van der Waals surface area contributed by atoms with Crippen molar-refractivity contribution >= 4 is 5.76 Å². The fourth-order valence-electron chi connectivity index (χ4n) is 2.63. The Balaban J connectivity index is 1.80. The Morgan fingerprint density at radius 3 is 2.19 bits per heavy atom. The zero-order valence-electron chi connectivity index (χ0n) is 12.6. The van der Waals surface area contributed by atoms with E-state index in [-0.39, 0.29) is 0 Å². The summed E-state index contributed by atoms with van der Waals surface area (Å²) >= 11 is 0. The van der Waals surface area contributed by atoms with Gasteiger partial charge in [0, 0.05) is 5.56 Å². The lowest BCUT2D eigenvalue weighted by Gasteiger charge is -2.25. The van der Waals surface area contributed by atoms with Crippen LogP contribution in [0.15, 0.2) is 66.7 Å². The lowest BCUT2D eigenvalue weighted by molar-refractivity contribution is -0.109. The van der Waals surface area contributed by atoms with E-state index in [9.17, 15) is 0 Å². The summed E-state index contributed by atoms with van der Waals surface area (Å²) in [4.78, 5) is 6.12. The third-order valence-electron chi connectivity index (χ3n) is 3.79. The minimum absolute atomic E-state index is 0.306. The minimum atomic E-state index is 0.306. The standard InChI is InChI=1S/C19H21NO/c1-15(2)18-13-19(17-11-7-4-8-12-17)21-20(18)14-16-9-5-3-6-10-16/h3-13,15,18H,14H2,1-2H3. The average Bonchev–Trinajstić information content (AvgIpc) is 2.93. The molecule has 0 saturated carbocycles. The molecular formula is C19H21NO. The van der Waals surface area contributed by atoms with E-state index in [0.717, 1.165) is 17.9 Å². The van der Waals surface area contributed by atoms with Crippen molar-refractivity contribution in [2.45, 2.75) is 26.4 Å². The minimum Gasteiger partial charge on any atom is -0.405 e. The van der Waals surface area contributed by atoms with Crippen LogP contribution in [0.3, 0.4) is 0 Å². The Kier molecular flexibility index (Phi) is 4.07. The highest BCUT2D eigenvalue weighted by molar-refractivity contribution is 5.61. The van der Waals surface area contributed by atoms with E-state index in [2.05, 4.69) is 61.4 Å². The van der Waals surface area contributed by atoms with Gasteiger partial charge >= 0.3 is 0 Å². The second-order valence-corrected chi connectivity index (χ2v) is 5.78. The Bertz CT molecular complexity index is 604. The number of benzene rings is 2. The Hall–Kier alpha value is -2.06. The van der Waals surface area contributed by atoms with Crippen molar-refractivity contribution < 1.29 is 4.84 Å². The van der Waals surface area contributed by atoms with Crippen molar-refractivity contribution in [1.82, 2.24) is 5.06 Å². The third-order valence-corrected chi connectivity index (χ3v) is 3.79. The Labute approximate surface area is 126 Å². The van der Waals surface area contributed by atoms with E-state index in [0.29, 0.717) is 12.0 Å². The molecule has 1 heterocycles. The van der Waals surface area contributed by atoms with Gasteiger partial charge < -0.3 is 4.84 Å². The van der Waals surface area contributed by atoms with Gasteiger partial charge in [-0.1, -0.05) is 74.5 Å². The van der Waals surface area contributed by atoms with Gasteiger partial charge in [-0.2, -0.15) is 0 Å². The zero-order valence-corrected chi connectivity index (χ0v) is 12.6. The van der Waals surface area contributed by atoms with Crippen molar-refractivity contribution in [3.63, 3.8) is 0 Å². The summed E-state index contributed by atoms with van der Waals surface area (Å²) in [5.74, 6) is 1.47. The fourth-order valence-corrected chi connectivity index (χ4v) is 2.63. The molecule has 0 aliphatic carbocycles. The van der Waals surface area contributed by atoms with Crippen LogP contribution in [0.2, 0.25) is 0 Å². The molecule has 108 valence electrons. The third kappa shape index (κ3) is 3.17. The SMILES string of the molecule is CC(C)C1C=C(c2ccccc2)ON1Cc1ccccc1. The Morgan fingerprint density at radius 1 is 0.952 bits per heavy atom. The summed E-state index contributed by atoms with van der Waals surface area (Å²) in [7, 11) is 0. The highest BCUT2D eigenvalue weighted by Crippen LogP contribution is 2.31. The molecule has 0 N–H and O–H groups in total. The summed E-state index contributed by atoms with van der Waals surface area (Å²) in [5, 5.41) is 2.09. The van der Waals surface area contributed by atoms with Crippen LogP contribution >= 0.6 is 0 Å². The van der Waals surface area contributed by atoms with E-state index in [1.165, 1.54) is 5.56 Å². The zero-order chi connectivity index (χ0) is 14.7. The van der Waals surface area contributed by atoms with Gasteiger partial charge in [-0.15, -0.1) is 5.06 Å². The molecule has 0 radical (unpaired) electrons. The molecule has 2 aromatic rings. The molecule has 2 heteroatoms. The number of hydrogen-bond donors (Lipinski definition) is 0. The quantitative estimate of drug-likeness (QED) is 0.817. The predicted octanol–water partition coefficient (Wildman–Crippen LogP) is 4.50. The van der Waals surface area contributed by atoms with Crippen LogP contribution in [0.1, 0.15) is 25.0 Å². The van der Waals surface area contributed by atoms with Crippen LogP contribution in [0.4, 0.5) is 0 Å².